The fourth-order valence-electron chi connectivity index (χ4n) is 2.06. The molecule has 4 heteroatoms. The summed E-state index contributed by atoms with van der Waals surface area (Å²) in [4.78, 5) is 0. The molecule has 0 bridgehead atoms. The molecule has 0 heterocycles. The fourth-order valence-corrected chi connectivity index (χ4v) is 2.06. The van der Waals surface area contributed by atoms with E-state index in [1.54, 1.807) is 26.4 Å². The summed E-state index contributed by atoms with van der Waals surface area (Å²) < 4.78 is 10.5. The molecule has 2 rings (SSSR count). The van der Waals surface area contributed by atoms with Gasteiger partial charge in [-0.25, -0.2) is 0 Å². The second-order valence-electron chi connectivity index (χ2n) is 4.38. The number of hydrogen-bond donors (Lipinski definition) is 1. The molecule has 0 atom stereocenters. The van der Waals surface area contributed by atoms with E-state index in [9.17, 15) is 0 Å². The molecular weight excluding hydrogens is 264 g/mol. The minimum atomic E-state index is 0.620. The van der Waals surface area contributed by atoms with Gasteiger partial charge in [-0.2, -0.15) is 5.26 Å². The molecule has 0 spiro atoms. The smallest absolute Gasteiger partial charge is 0.161 e. The quantitative estimate of drug-likeness (QED) is 0.689. The summed E-state index contributed by atoms with van der Waals surface area (Å²) in [6, 6.07) is 15.0. The van der Waals surface area contributed by atoms with E-state index >= 15 is 0 Å². The highest BCUT2D eigenvalue weighted by Gasteiger charge is 2.10. The average molecular weight is 280 g/mol. The van der Waals surface area contributed by atoms with Gasteiger partial charge in [-0.1, -0.05) is 18.2 Å². The first-order valence-corrected chi connectivity index (χ1v) is 6.37. The molecule has 0 aliphatic carbocycles. The van der Waals surface area contributed by atoms with Crippen LogP contribution in [0.15, 0.2) is 48.5 Å². The summed E-state index contributed by atoms with van der Waals surface area (Å²) in [5, 5.41) is 9.03. The van der Waals surface area contributed by atoms with Crippen LogP contribution in [0, 0.1) is 11.3 Å². The fraction of sp³-hybridized carbons (Fsp3) is 0.118. The molecule has 0 aliphatic rings. The Kier molecular flexibility index (Phi) is 4.47. The molecule has 0 unspecified atom stereocenters. The Hall–Kier alpha value is -2.93. The number of ether oxygens (including phenoxy) is 2. The number of nitrogens with two attached hydrogens (primary N) is 1. The van der Waals surface area contributed by atoms with Gasteiger partial charge in [0.1, 0.15) is 0 Å². The Morgan fingerprint density at radius 2 is 1.62 bits per heavy atom. The predicted molar refractivity (Wildman–Crippen MR) is 83.1 cm³/mol. The average Bonchev–Trinajstić information content (AvgIpc) is 2.53. The van der Waals surface area contributed by atoms with Crippen LogP contribution in [0.5, 0.6) is 11.5 Å². The molecule has 0 radical (unpaired) electrons. The topological polar surface area (TPSA) is 68.3 Å². The minimum Gasteiger partial charge on any atom is -0.493 e. The van der Waals surface area contributed by atoms with Crippen LogP contribution in [-0.4, -0.2) is 14.2 Å². The zero-order valence-corrected chi connectivity index (χ0v) is 12.0. The highest BCUT2D eigenvalue weighted by molar-refractivity contribution is 5.82. The highest BCUT2D eigenvalue weighted by Crippen LogP contribution is 2.32. The molecule has 0 saturated carbocycles. The maximum Gasteiger partial charge on any atom is 0.161 e. The molecule has 2 N–H and O–H groups in total. The zero-order valence-electron chi connectivity index (χ0n) is 12.0. The summed E-state index contributed by atoms with van der Waals surface area (Å²) in [7, 11) is 3.17. The van der Waals surface area contributed by atoms with Gasteiger partial charge in [-0.15, -0.1) is 0 Å². The second-order valence-corrected chi connectivity index (χ2v) is 4.38. The van der Waals surface area contributed by atoms with Crippen molar-refractivity contribution in [2.24, 2.45) is 0 Å². The third-order valence-corrected chi connectivity index (χ3v) is 3.13. The molecule has 2 aromatic carbocycles. The largest absolute Gasteiger partial charge is 0.493 e. The third-order valence-electron chi connectivity index (χ3n) is 3.13. The van der Waals surface area contributed by atoms with Gasteiger partial charge < -0.3 is 15.2 Å². The third kappa shape index (κ3) is 3.15. The number of nitrogens with zero attached hydrogens (tertiary/aromatic N) is 1. The van der Waals surface area contributed by atoms with E-state index in [-0.39, 0.29) is 0 Å². The molecule has 106 valence electrons. The standard InChI is InChI=1S/C17H16N2O2/c1-20-16-8-5-13(11-17(16)21-2)15(9-10-18)12-3-6-14(19)7-4-12/h3-9,11H,19H2,1-2H3/b15-9-. The van der Waals surface area contributed by atoms with Gasteiger partial charge in [0.15, 0.2) is 11.5 Å². The van der Waals surface area contributed by atoms with E-state index < -0.39 is 0 Å². The maximum absolute atomic E-state index is 9.03. The molecule has 0 aliphatic heterocycles. The Morgan fingerprint density at radius 3 is 2.19 bits per heavy atom. The number of rotatable bonds is 4. The van der Waals surface area contributed by atoms with E-state index in [0.29, 0.717) is 17.2 Å². The Bertz CT molecular complexity index is 698. The minimum absolute atomic E-state index is 0.620. The normalized spacial score (nSPS) is 10.8. The van der Waals surface area contributed by atoms with Gasteiger partial charge in [0.25, 0.3) is 0 Å². The van der Waals surface area contributed by atoms with Gasteiger partial charge >= 0.3 is 0 Å². The van der Waals surface area contributed by atoms with E-state index in [1.165, 1.54) is 6.08 Å². The van der Waals surface area contributed by atoms with E-state index in [1.807, 2.05) is 30.3 Å². The lowest BCUT2D eigenvalue weighted by atomic mass is 9.97. The number of allylic oxidation sites excluding steroid dienone is 1. The lowest BCUT2D eigenvalue weighted by Crippen LogP contribution is -1.94. The molecule has 21 heavy (non-hydrogen) atoms. The number of hydrogen-bond acceptors (Lipinski definition) is 4. The SMILES string of the molecule is COc1ccc(/C(=C\C#N)c2ccc(N)cc2)cc1OC. The summed E-state index contributed by atoms with van der Waals surface area (Å²) in [5.41, 5.74) is 8.98. The number of methoxy groups -OCH3 is 2. The van der Waals surface area contributed by atoms with E-state index in [4.69, 9.17) is 20.5 Å². The molecular formula is C17H16N2O2. The van der Waals surface area contributed by atoms with Crippen molar-refractivity contribution in [2.75, 3.05) is 20.0 Å². The van der Waals surface area contributed by atoms with Gasteiger partial charge in [-0.05, 0) is 41.0 Å². The second kappa shape index (κ2) is 6.49. The van der Waals surface area contributed by atoms with Crippen LogP contribution in [0.25, 0.3) is 5.57 Å². The summed E-state index contributed by atoms with van der Waals surface area (Å²) >= 11 is 0. The first-order valence-electron chi connectivity index (χ1n) is 6.37. The van der Waals surface area contributed by atoms with Gasteiger partial charge in [-0.3, -0.25) is 0 Å². The summed E-state index contributed by atoms with van der Waals surface area (Å²) in [6.45, 7) is 0. The Labute approximate surface area is 124 Å². The Morgan fingerprint density at radius 1 is 1.00 bits per heavy atom. The van der Waals surface area contributed by atoms with Crippen LogP contribution >= 0.6 is 0 Å². The van der Waals surface area contributed by atoms with Crippen LogP contribution in [0.1, 0.15) is 11.1 Å². The Balaban J connectivity index is 2.52. The summed E-state index contributed by atoms with van der Waals surface area (Å²) in [5.74, 6) is 1.27. The van der Waals surface area contributed by atoms with Crippen molar-refractivity contribution in [2.45, 2.75) is 0 Å². The van der Waals surface area contributed by atoms with Crippen molar-refractivity contribution < 1.29 is 9.47 Å². The molecule has 0 saturated heterocycles. The first kappa shape index (κ1) is 14.5. The zero-order chi connectivity index (χ0) is 15.2. The van der Waals surface area contributed by atoms with Crippen LogP contribution in [-0.2, 0) is 0 Å². The number of nitriles is 1. The predicted octanol–water partition coefficient (Wildman–Crippen LogP) is 3.24. The monoisotopic (exact) mass is 280 g/mol. The lowest BCUT2D eigenvalue weighted by molar-refractivity contribution is 0.355. The van der Waals surface area contributed by atoms with Crippen LogP contribution < -0.4 is 15.2 Å². The molecule has 4 nitrogen and oxygen atoms in total. The van der Waals surface area contributed by atoms with E-state index in [2.05, 4.69) is 6.07 Å². The molecule has 0 aromatic heterocycles. The molecule has 2 aromatic rings. The van der Waals surface area contributed by atoms with Crippen molar-refractivity contribution in [1.29, 1.82) is 5.26 Å². The number of anilines is 1. The molecule has 0 fully saturated rings. The van der Waals surface area contributed by atoms with Crippen molar-refractivity contribution in [3.8, 4) is 17.6 Å². The number of nitrogen functional groups attached to an aromatic ring is 1. The lowest BCUT2D eigenvalue weighted by Gasteiger charge is -2.12. The van der Waals surface area contributed by atoms with Gasteiger partial charge in [0.2, 0.25) is 0 Å². The van der Waals surface area contributed by atoms with Gasteiger partial charge in [0, 0.05) is 11.8 Å². The first-order chi connectivity index (χ1) is 10.2. The maximum atomic E-state index is 9.03. The van der Waals surface area contributed by atoms with Crippen LogP contribution in [0.4, 0.5) is 5.69 Å². The highest BCUT2D eigenvalue weighted by atomic mass is 16.5. The van der Waals surface area contributed by atoms with Crippen LogP contribution in [0.2, 0.25) is 0 Å². The number of benzene rings is 2. The van der Waals surface area contributed by atoms with Crippen molar-refractivity contribution >= 4 is 11.3 Å². The summed E-state index contributed by atoms with van der Waals surface area (Å²) in [6.07, 6.45) is 1.51. The van der Waals surface area contributed by atoms with Crippen molar-refractivity contribution in [3.05, 3.63) is 59.7 Å². The molecule has 0 amide bonds. The van der Waals surface area contributed by atoms with Crippen molar-refractivity contribution in [1.82, 2.24) is 0 Å². The van der Waals surface area contributed by atoms with Crippen molar-refractivity contribution in [3.63, 3.8) is 0 Å². The van der Waals surface area contributed by atoms with Gasteiger partial charge in [0.05, 0.1) is 20.3 Å². The van der Waals surface area contributed by atoms with Crippen LogP contribution in [0.3, 0.4) is 0 Å². The van der Waals surface area contributed by atoms with E-state index in [0.717, 1.165) is 16.7 Å².